The summed E-state index contributed by atoms with van der Waals surface area (Å²) in [5, 5.41) is 4.06. The summed E-state index contributed by atoms with van der Waals surface area (Å²) < 4.78 is 0. The van der Waals surface area contributed by atoms with Crippen LogP contribution in [0.15, 0.2) is 24.3 Å². The van der Waals surface area contributed by atoms with E-state index in [9.17, 15) is 9.59 Å². The number of rotatable bonds is 3. The Bertz CT molecular complexity index is 694. The molecule has 1 aromatic rings. The minimum absolute atomic E-state index is 0. The molecule has 0 radical (unpaired) electrons. The van der Waals surface area contributed by atoms with Crippen LogP contribution in [0.4, 0.5) is 0 Å². The fraction of sp³-hybridized carbons (Fsp3) is 0.600. The van der Waals surface area contributed by atoms with Crippen molar-refractivity contribution in [3.8, 4) is 0 Å². The standard InChI is InChI=1S/C20H26ClN3O2.ClH/c21-16-5-3-4-14(10-16)18-12-22-8-9-23(18)20(26)15-11-19(25)24(13-15)17-6-1-2-7-17;/h3-5,10,15,17-18,22H,1-2,6-9,11-13H2;1H. The summed E-state index contributed by atoms with van der Waals surface area (Å²) >= 11 is 6.15. The molecule has 2 amide bonds. The van der Waals surface area contributed by atoms with Gasteiger partial charge in [0.25, 0.3) is 0 Å². The van der Waals surface area contributed by atoms with E-state index in [1.54, 1.807) is 0 Å². The highest BCUT2D eigenvalue weighted by Crippen LogP contribution is 2.32. The van der Waals surface area contributed by atoms with Gasteiger partial charge in [-0.1, -0.05) is 36.6 Å². The van der Waals surface area contributed by atoms with Gasteiger partial charge >= 0.3 is 0 Å². The minimum Gasteiger partial charge on any atom is -0.339 e. The first-order valence-corrected chi connectivity index (χ1v) is 10.1. The Hall–Kier alpha value is -1.30. The SMILES string of the molecule is Cl.O=C1CC(C(=O)N2CCNCC2c2cccc(Cl)c2)CN1C1CCCC1. The van der Waals surface area contributed by atoms with Gasteiger partial charge in [0.05, 0.1) is 12.0 Å². The van der Waals surface area contributed by atoms with Gasteiger partial charge in [0.2, 0.25) is 11.8 Å². The van der Waals surface area contributed by atoms with E-state index in [0.717, 1.165) is 31.5 Å². The molecule has 2 atom stereocenters. The molecule has 2 saturated heterocycles. The van der Waals surface area contributed by atoms with Crippen LogP contribution in [-0.2, 0) is 9.59 Å². The zero-order valence-electron chi connectivity index (χ0n) is 15.4. The third kappa shape index (κ3) is 4.25. The molecule has 0 spiro atoms. The molecule has 3 fully saturated rings. The Balaban J connectivity index is 0.00000210. The molecule has 2 aliphatic heterocycles. The van der Waals surface area contributed by atoms with Crippen molar-refractivity contribution in [3.63, 3.8) is 0 Å². The van der Waals surface area contributed by atoms with Crippen LogP contribution in [-0.4, -0.2) is 53.8 Å². The predicted octanol–water partition coefficient (Wildman–Crippen LogP) is 3.03. The molecule has 1 aromatic carbocycles. The fourth-order valence-electron chi connectivity index (χ4n) is 4.68. The van der Waals surface area contributed by atoms with E-state index in [-0.39, 0.29) is 36.2 Å². The second kappa shape index (κ2) is 8.80. The summed E-state index contributed by atoms with van der Waals surface area (Å²) in [6, 6.07) is 8.06. The summed E-state index contributed by atoms with van der Waals surface area (Å²) in [6.07, 6.45) is 4.93. The number of amides is 2. The normalized spacial score (nSPS) is 26.3. The lowest BCUT2D eigenvalue weighted by Crippen LogP contribution is -2.51. The molecule has 0 bridgehead atoms. The van der Waals surface area contributed by atoms with E-state index < -0.39 is 0 Å². The van der Waals surface area contributed by atoms with Crippen molar-refractivity contribution in [2.75, 3.05) is 26.2 Å². The van der Waals surface area contributed by atoms with Gasteiger partial charge in [0.15, 0.2) is 0 Å². The van der Waals surface area contributed by atoms with Crippen LogP contribution in [0.3, 0.4) is 0 Å². The Morgan fingerprint density at radius 3 is 2.74 bits per heavy atom. The maximum atomic E-state index is 13.3. The Morgan fingerprint density at radius 1 is 1.22 bits per heavy atom. The fourth-order valence-corrected chi connectivity index (χ4v) is 4.88. The molecule has 1 saturated carbocycles. The Labute approximate surface area is 171 Å². The minimum atomic E-state index is -0.206. The van der Waals surface area contributed by atoms with E-state index in [0.29, 0.717) is 30.6 Å². The highest BCUT2D eigenvalue weighted by molar-refractivity contribution is 6.30. The number of benzene rings is 1. The molecule has 1 N–H and O–H groups in total. The van der Waals surface area contributed by atoms with Gasteiger partial charge in [0, 0.05) is 43.7 Å². The molecule has 148 valence electrons. The molecular weight excluding hydrogens is 385 g/mol. The highest BCUT2D eigenvalue weighted by atomic mass is 35.5. The lowest BCUT2D eigenvalue weighted by molar-refractivity contribution is -0.139. The van der Waals surface area contributed by atoms with Crippen molar-refractivity contribution in [2.45, 2.75) is 44.2 Å². The maximum Gasteiger partial charge on any atom is 0.228 e. The van der Waals surface area contributed by atoms with Crippen molar-refractivity contribution in [1.82, 2.24) is 15.1 Å². The van der Waals surface area contributed by atoms with E-state index in [2.05, 4.69) is 5.32 Å². The summed E-state index contributed by atoms with van der Waals surface area (Å²) in [5.41, 5.74) is 1.05. The maximum absolute atomic E-state index is 13.3. The molecule has 2 unspecified atom stereocenters. The molecule has 3 aliphatic rings. The predicted molar refractivity (Wildman–Crippen MR) is 108 cm³/mol. The summed E-state index contributed by atoms with van der Waals surface area (Å²) in [7, 11) is 0. The second-order valence-corrected chi connectivity index (χ2v) is 8.13. The second-order valence-electron chi connectivity index (χ2n) is 7.69. The van der Waals surface area contributed by atoms with Crippen LogP contribution in [0.25, 0.3) is 0 Å². The third-order valence-corrected chi connectivity index (χ3v) is 6.27. The van der Waals surface area contributed by atoms with E-state index in [4.69, 9.17) is 11.6 Å². The van der Waals surface area contributed by atoms with Crippen molar-refractivity contribution in [3.05, 3.63) is 34.9 Å². The van der Waals surface area contributed by atoms with Crippen LogP contribution in [0.1, 0.15) is 43.7 Å². The van der Waals surface area contributed by atoms with Crippen molar-refractivity contribution in [2.24, 2.45) is 5.92 Å². The number of hydrogen-bond donors (Lipinski definition) is 1. The lowest BCUT2D eigenvalue weighted by Gasteiger charge is -2.38. The number of carbonyl (C=O) groups excluding carboxylic acids is 2. The van der Waals surface area contributed by atoms with Crippen LogP contribution in [0.5, 0.6) is 0 Å². The number of carbonyl (C=O) groups is 2. The van der Waals surface area contributed by atoms with Gasteiger partial charge in [-0.3, -0.25) is 9.59 Å². The van der Waals surface area contributed by atoms with E-state index in [1.165, 1.54) is 12.8 Å². The van der Waals surface area contributed by atoms with Gasteiger partial charge in [-0.05, 0) is 30.5 Å². The third-order valence-electron chi connectivity index (χ3n) is 6.03. The van der Waals surface area contributed by atoms with Gasteiger partial charge in [-0.2, -0.15) is 0 Å². The van der Waals surface area contributed by atoms with Crippen LogP contribution >= 0.6 is 24.0 Å². The number of hydrogen-bond acceptors (Lipinski definition) is 3. The highest BCUT2D eigenvalue weighted by Gasteiger charge is 2.41. The lowest BCUT2D eigenvalue weighted by atomic mass is 9.99. The summed E-state index contributed by atoms with van der Waals surface area (Å²) in [5.74, 6) is 0.0675. The van der Waals surface area contributed by atoms with Gasteiger partial charge < -0.3 is 15.1 Å². The topological polar surface area (TPSA) is 52.7 Å². The molecule has 4 rings (SSSR count). The van der Waals surface area contributed by atoms with Crippen molar-refractivity contribution >= 4 is 35.8 Å². The molecule has 7 heteroatoms. The molecule has 5 nitrogen and oxygen atoms in total. The van der Waals surface area contributed by atoms with Crippen molar-refractivity contribution < 1.29 is 9.59 Å². The van der Waals surface area contributed by atoms with Crippen molar-refractivity contribution in [1.29, 1.82) is 0 Å². The Kier molecular flexibility index (Phi) is 6.66. The first-order chi connectivity index (χ1) is 12.6. The van der Waals surface area contributed by atoms with Crippen LogP contribution in [0.2, 0.25) is 5.02 Å². The number of nitrogens with zero attached hydrogens (tertiary/aromatic N) is 2. The van der Waals surface area contributed by atoms with Gasteiger partial charge in [-0.15, -0.1) is 12.4 Å². The zero-order valence-corrected chi connectivity index (χ0v) is 17.0. The van der Waals surface area contributed by atoms with Gasteiger partial charge in [0.1, 0.15) is 0 Å². The van der Waals surface area contributed by atoms with Crippen LogP contribution < -0.4 is 5.32 Å². The van der Waals surface area contributed by atoms with Gasteiger partial charge in [-0.25, -0.2) is 0 Å². The quantitative estimate of drug-likeness (QED) is 0.831. The molecule has 1 aliphatic carbocycles. The first-order valence-electron chi connectivity index (χ1n) is 9.69. The Morgan fingerprint density at radius 2 is 2.00 bits per heavy atom. The average Bonchev–Trinajstić information content (AvgIpc) is 3.30. The van der Waals surface area contributed by atoms with E-state index in [1.807, 2.05) is 34.1 Å². The summed E-state index contributed by atoms with van der Waals surface area (Å²) in [4.78, 5) is 29.7. The molecular formula is C20H27Cl2N3O2. The number of likely N-dealkylation sites (tertiary alicyclic amines) is 1. The number of piperazine rings is 1. The van der Waals surface area contributed by atoms with Crippen LogP contribution in [0, 0.1) is 5.92 Å². The largest absolute Gasteiger partial charge is 0.339 e. The number of halogens is 2. The monoisotopic (exact) mass is 411 g/mol. The molecule has 27 heavy (non-hydrogen) atoms. The molecule has 2 heterocycles. The summed E-state index contributed by atoms with van der Waals surface area (Å²) in [6.45, 7) is 2.77. The average molecular weight is 412 g/mol. The van der Waals surface area contributed by atoms with E-state index >= 15 is 0 Å². The smallest absolute Gasteiger partial charge is 0.228 e. The molecule has 0 aromatic heterocycles. The number of nitrogens with one attached hydrogen (secondary N) is 1. The first kappa shape index (κ1) is 20.4. The zero-order chi connectivity index (χ0) is 18.1.